The van der Waals surface area contributed by atoms with E-state index in [-0.39, 0.29) is 5.78 Å². The summed E-state index contributed by atoms with van der Waals surface area (Å²) in [5.41, 5.74) is 2.84. The zero-order chi connectivity index (χ0) is 14.4. The van der Waals surface area contributed by atoms with E-state index in [1.807, 2.05) is 31.2 Å². The number of rotatable bonds is 5. The van der Waals surface area contributed by atoms with Gasteiger partial charge >= 0.3 is 0 Å². The maximum atomic E-state index is 12.2. The number of carbonyl (C=O) groups is 1. The van der Waals surface area contributed by atoms with Gasteiger partial charge in [0.05, 0.1) is 11.8 Å². The standard InChI is InChI=1S/C17H16N2O/c1-13-5-7-14(8-6-13)9-10-17(20)15(12-18)16-4-2-3-11-19-16/h2-8,11,15H,9-10H2,1H3. The van der Waals surface area contributed by atoms with E-state index >= 15 is 0 Å². The van der Waals surface area contributed by atoms with Crippen molar-refractivity contribution in [2.75, 3.05) is 0 Å². The van der Waals surface area contributed by atoms with Gasteiger partial charge in [0.2, 0.25) is 0 Å². The SMILES string of the molecule is Cc1ccc(CCC(=O)C(C#N)c2ccccn2)cc1. The second-order valence-electron chi connectivity index (χ2n) is 4.77. The van der Waals surface area contributed by atoms with E-state index in [9.17, 15) is 10.1 Å². The van der Waals surface area contributed by atoms with Gasteiger partial charge in [0.1, 0.15) is 5.92 Å². The van der Waals surface area contributed by atoms with E-state index in [1.54, 1.807) is 24.4 Å². The van der Waals surface area contributed by atoms with Gasteiger partial charge < -0.3 is 0 Å². The quantitative estimate of drug-likeness (QED) is 0.833. The van der Waals surface area contributed by atoms with Gasteiger partial charge in [0.15, 0.2) is 5.78 Å². The summed E-state index contributed by atoms with van der Waals surface area (Å²) in [6, 6.07) is 15.4. The summed E-state index contributed by atoms with van der Waals surface area (Å²) in [6.45, 7) is 2.03. The number of pyridine rings is 1. The predicted octanol–water partition coefficient (Wildman–Crippen LogP) is 3.20. The van der Waals surface area contributed by atoms with Crippen molar-refractivity contribution < 1.29 is 4.79 Å². The zero-order valence-corrected chi connectivity index (χ0v) is 11.4. The van der Waals surface area contributed by atoms with Crippen molar-refractivity contribution in [3.05, 3.63) is 65.5 Å². The summed E-state index contributed by atoms with van der Waals surface area (Å²) in [5, 5.41) is 9.17. The molecule has 0 amide bonds. The molecule has 0 bridgehead atoms. The molecule has 2 rings (SSSR count). The van der Waals surface area contributed by atoms with Crippen LogP contribution in [0.3, 0.4) is 0 Å². The molecule has 1 unspecified atom stereocenters. The number of carbonyl (C=O) groups excluding carboxylic acids is 1. The lowest BCUT2D eigenvalue weighted by molar-refractivity contribution is -0.119. The molecule has 2 aromatic rings. The smallest absolute Gasteiger partial charge is 0.156 e. The third-order valence-electron chi connectivity index (χ3n) is 3.22. The molecule has 20 heavy (non-hydrogen) atoms. The molecule has 0 aliphatic carbocycles. The first kappa shape index (κ1) is 14.0. The van der Waals surface area contributed by atoms with E-state index in [1.165, 1.54) is 5.56 Å². The van der Waals surface area contributed by atoms with E-state index < -0.39 is 5.92 Å². The molecule has 0 spiro atoms. The van der Waals surface area contributed by atoms with Gasteiger partial charge in [-0.3, -0.25) is 9.78 Å². The molecule has 0 fully saturated rings. The number of benzene rings is 1. The van der Waals surface area contributed by atoms with Crippen LogP contribution in [0, 0.1) is 18.3 Å². The zero-order valence-electron chi connectivity index (χ0n) is 11.4. The molecule has 0 aliphatic heterocycles. The molecule has 3 nitrogen and oxygen atoms in total. The molecule has 0 saturated carbocycles. The minimum atomic E-state index is -0.762. The molecule has 0 aliphatic rings. The Labute approximate surface area is 118 Å². The fourth-order valence-corrected chi connectivity index (χ4v) is 2.02. The topological polar surface area (TPSA) is 53.8 Å². The van der Waals surface area contributed by atoms with Gasteiger partial charge in [0.25, 0.3) is 0 Å². The Balaban J connectivity index is 2.00. The molecule has 0 radical (unpaired) electrons. The van der Waals surface area contributed by atoms with Gasteiger partial charge in [-0.2, -0.15) is 5.26 Å². The van der Waals surface area contributed by atoms with Crippen LogP contribution >= 0.6 is 0 Å². The Kier molecular flexibility index (Phi) is 4.62. The van der Waals surface area contributed by atoms with Crippen molar-refractivity contribution in [3.8, 4) is 6.07 Å². The summed E-state index contributed by atoms with van der Waals surface area (Å²) < 4.78 is 0. The maximum absolute atomic E-state index is 12.2. The minimum absolute atomic E-state index is 0.0771. The average Bonchev–Trinajstić information content (AvgIpc) is 2.48. The van der Waals surface area contributed by atoms with Crippen molar-refractivity contribution in [1.82, 2.24) is 4.98 Å². The second-order valence-corrected chi connectivity index (χ2v) is 4.77. The third kappa shape index (κ3) is 3.52. The van der Waals surface area contributed by atoms with Crippen LogP contribution in [0.4, 0.5) is 0 Å². The molecule has 0 saturated heterocycles. The Morgan fingerprint density at radius 1 is 1.25 bits per heavy atom. The molecule has 1 aromatic heterocycles. The van der Waals surface area contributed by atoms with Crippen LogP contribution in [-0.2, 0) is 11.2 Å². The molecule has 1 heterocycles. The van der Waals surface area contributed by atoms with Crippen molar-refractivity contribution in [1.29, 1.82) is 5.26 Å². The summed E-state index contributed by atoms with van der Waals surface area (Å²) in [6.07, 6.45) is 2.62. The number of nitrogens with zero attached hydrogens (tertiary/aromatic N) is 2. The van der Waals surface area contributed by atoms with Crippen LogP contribution in [0.2, 0.25) is 0 Å². The fourth-order valence-electron chi connectivity index (χ4n) is 2.02. The highest BCUT2D eigenvalue weighted by molar-refractivity contribution is 5.88. The fraction of sp³-hybridized carbons (Fsp3) is 0.235. The Bertz CT molecular complexity index is 612. The van der Waals surface area contributed by atoms with Gasteiger partial charge in [-0.1, -0.05) is 35.9 Å². The molecule has 1 atom stereocenters. The third-order valence-corrected chi connectivity index (χ3v) is 3.22. The summed E-state index contributed by atoms with van der Waals surface area (Å²) >= 11 is 0. The first-order valence-electron chi connectivity index (χ1n) is 6.59. The molecule has 3 heteroatoms. The molecule has 0 N–H and O–H groups in total. The number of nitriles is 1. The van der Waals surface area contributed by atoms with Crippen molar-refractivity contribution in [3.63, 3.8) is 0 Å². The van der Waals surface area contributed by atoms with Gasteiger partial charge in [-0.25, -0.2) is 0 Å². The lowest BCUT2D eigenvalue weighted by atomic mass is 9.96. The summed E-state index contributed by atoms with van der Waals surface area (Å²) in [7, 11) is 0. The van der Waals surface area contributed by atoms with E-state index in [0.29, 0.717) is 18.5 Å². The first-order valence-corrected chi connectivity index (χ1v) is 6.59. The number of aryl methyl sites for hydroxylation is 2. The highest BCUT2D eigenvalue weighted by Gasteiger charge is 2.20. The number of aromatic nitrogens is 1. The highest BCUT2D eigenvalue weighted by atomic mass is 16.1. The number of ketones is 1. The van der Waals surface area contributed by atoms with Crippen molar-refractivity contribution in [2.24, 2.45) is 0 Å². The monoisotopic (exact) mass is 264 g/mol. The molecule has 1 aromatic carbocycles. The Morgan fingerprint density at radius 2 is 2.00 bits per heavy atom. The van der Waals surface area contributed by atoms with Gasteiger partial charge in [-0.15, -0.1) is 0 Å². The van der Waals surface area contributed by atoms with Crippen LogP contribution < -0.4 is 0 Å². The number of hydrogen-bond donors (Lipinski definition) is 0. The second kappa shape index (κ2) is 6.63. The van der Waals surface area contributed by atoms with Gasteiger partial charge in [-0.05, 0) is 31.0 Å². The summed E-state index contributed by atoms with van der Waals surface area (Å²) in [4.78, 5) is 16.2. The van der Waals surface area contributed by atoms with Crippen LogP contribution in [0.5, 0.6) is 0 Å². The molecule has 100 valence electrons. The van der Waals surface area contributed by atoms with Crippen LogP contribution in [0.1, 0.15) is 29.2 Å². The lowest BCUT2D eigenvalue weighted by Gasteiger charge is -2.07. The largest absolute Gasteiger partial charge is 0.298 e. The van der Waals surface area contributed by atoms with Gasteiger partial charge in [0, 0.05) is 12.6 Å². The molecular formula is C17H16N2O. The predicted molar refractivity (Wildman–Crippen MR) is 77.1 cm³/mol. The molecular weight excluding hydrogens is 248 g/mol. The van der Waals surface area contributed by atoms with Crippen molar-refractivity contribution >= 4 is 5.78 Å². The Hall–Kier alpha value is -2.47. The lowest BCUT2D eigenvalue weighted by Crippen LogP contribution is -2.13. The Morgan fingerprint density at radius 3 is 2.60 bits per heavy atom. The van der Waals surface area contributed by atoms with Crippen LogP contribution in [-0.4, -0.2) is 10.8 Å². The summed E-state index contributed by atoms with van der Waals surface area (Å²) in [5.74, 6) is -0.839. The maximum Gasteiger partial charge on any atom is 0.156 e. The van der Waals surface area contributed by atoms with Crippen LogP contribution in [0.15, 0.2) is 48.7 Å². The van der Waals surface area contributed by atoms with E-state index in [2.05, 4.69) is 11.1 Å². The van der Waals surface area contributed by atoms with E-state index in [4.69, 9.17) is 0 Å². The first-order chi connectivity index (χ1) is 9.70. The number of hydrogen-bond acceptors (Lipinski definition) is 3. The van der Waals surface area contributed by atoms with Crippen molar-refractivity contribution in [2.45, 2.75) is 25.7 Å². The van der Waals surface area contributed by atoms with Crippen LogP contribution in [0.25, 0.3) is 0 Å². The highest BCUT2D eigenvalue weighted by Crippen LogP contribution is 2.16. The average molecular weight is 264 g/mol. The number of Topliss-reactive ketones (excluding diaryl/α,β-unsaturated/α-hetero) is 1. The normalized spacial score (nSPS) is 11.6. The van der Waals surface area contributed by atoms with E-state index in [0.717, 1.165) is 5.56 Å². The minimum Gasteiger partial charge on any atom is -0.298 e.